The standard InChI is InChI=1S/C15H18N6O2S/c1-9-12-13(17-10(2)18-14(12)23-20-9)16-7-11-8-24-15(19-11)21-3-5-22-6-4-21/h8H,3-7H2,1-2H3,(H,16,17,18). The molecule has 0 saturated carbocycles. The minimum atomic E-state index is 0.509. The van der Waals surface area contributed by atoms with Crippen LogP contribution >= 0.6 is 11.3 Å². The van der Waals surface area contributed by atoms with Crippen LogP contribution in [-0.2, 0) is 11.3 Å². The summed E-state index contributed by atoms with van der Waals surface area (Å²) in [6, 6.07) is 0. The first-order chi connectivity index (χ1) is 11.7. The summed E-state index contributed by atoms with van der Waals surface area (Å²) in [5, 5.41) is 11.2. The van der Waals surface area contributed by atoms with Gasteiger partial charge >= 0.3 is 0 Å². The van der Waals surface area contributed by atoms with Crippen molar-refractivity contribution < 1.29 is 9.26 Å². The predicted octanol–water partition coefficient (Wildman–Crippen LogP) is 2.14. The molecule has 24 heavy (non-hydrogen) atoms. The number of nitrogens with zero attached hydrogens (tertiary/aromatic N) is 5. The summed E-state index contributed by atoms with van der Waals surface area (Å²) in [6.07, 6.45) is 0. The monoisotopic (exact) mass is 346 g/mol. The zero-order valence-electron chi connectivity index (χ0n) is 13.6. The molecule has 126 valence electrons. The number of aromatic nitrogens is 4. The van der Waals surface area contributed by atoms with Crippen LogP contribution in [0.5, 0.6) is 0 Å². The molecule has 0 atom stereocenters. The molecule has 0 amide bonds. The Balaban J connectivity index is 1.51. The van der Waals surface area contributed by atoms with Crippen LogP contribution in [0.15, 0.2) is 9.90 Å². The second kappa shape index (κ2) is 6.33. The number of morpholine rings is 1. The van der Waals surface area contributed by atoms with E-state index in [1.807, 2.05) is 13.8 Å². The highest BCUT2D eigenvalue weighted by Gasteiger charge is 2.16. The third kappa shape index (κ3) is 2.92. The van der Waals surface area contributed by atoms with Crippen LogP contribution < -0.4 is 10.2 Å². The second-order valence-electron chi connectivity index (χ2n) is 5.64. The van der Waals surface area contributed by atoms with Gasteiger partial charge in [-0.25, -0.2) is 9.97 Å². The number of nitrogens with one attached hydrogen (secondary N) is 1. The van der Waals surface area contributed by atoms with E-state index in [0.717, 1.165) is 54.0 Å². The Morgan fingerprint density at radius 2 is 2.04 bits per heavy atom. The molecule has 1 aliphatic heterocycles. The van der Waals surface area contributed by atoms with Crippen molar-refractivity contribution in [2.75, 3.05) is 36.5 Å². The van der Waals surface area contributed by atoms with Crippen molar-refractivity contribution in [3.8, 4) is 0 Å². The summed E-state index contributed by atoms with van der Waals surface area (Å²) in [4.78, 5) is 15.7. The Bertz CT molecular complexity index is 855. The highest BCUT2D eigenvalue weighted by atomic mass is 32.1. The molecule has 0 radical (unpaired) electrons. The summed E-state index contributed by atoms with van der Waals surface area (Å²) in [7, 11) is 0. The fraction of sp³-hybridized carbons (Fsp3) is 0.467. The quantitative estimate of drug-likeness (QED) is 0.768. The maximum absolute atomic E-state index is 5.38. The molecule has 4 heterocycles. The smallest absolute Gasteiger partial charge is 0.263 e. The summed E-state index contributed by atoms with van der Waals surface area (Å²) >= 11 is 1.66. The van der Waals surface area contributed by atoms with Gasteiger partial charge in [-0.2, -0.15) is 4.98 Å². The Hall–Kier alpha value is -2.26. The topological polar surface area (TPSA) is 89.2 Å². The van der Waals surface area contributed by atoms with Gasteiger partial charge in [0.05, 0.1) is 31.1 Å². The summed E-state index contributed by atoms with van der Waals surface area (Å²) < 4.78 is 10.6. The fourth-order valence-electron chi connectivity index (χ4n) is 2.68. The van der Waals surface area contributed by atoms with Crippen LogP contribution in [0.25, 0.3) is 11.1 Å². The largest absolute Gasteiger partial charge is 0.378 e. The summed E-state index contributed by atoms with van der Waals surface area (Å²) in [5.74, 6) is 1.38. The van der Waals surface area contributed by atoms with Crippen LogP contribution in [-0.4, -0.2) is 46.4 Å². The number of aryl methyl sites for hydroxylation is 2. The molecule has 0 bridgehead atoms. The number of hydrogen-bond donors (Lipinski definition) is 1. The molecular weight excluding hydrogens is 328 g/mol. The van der Waals surface area contributed by atoms with Gasteiger partial charge in [-0.3, -0.25) is 0 Å². The molecule has 0 spiro atoms. The number of rotatable bonds is 4. The normalized spacial score (nSPS) is 15.2. The molecule has 3 aromatic heterocycles. The highest BCUT2D eigenvalue weighted by Crippen LogP contribution is 2.25. The third-order valence-corrected chi connectivity index (χ3v) is 4.83. The van der Waals surface area contributed by atoms with E-state index in [0.29, 0.717) is 18.1 Å². The van der Waals surface area contributed by atoms with Gasteiger partial charge in [-0.15, -0.1) is 11.3 Å². The Morgan fingerprint density at radius 3 is 2.88 bits per heavy atom. The van der Waals surface area contributed by atoms with Crippen molar-refractivity contribution in [1.29, 1.82) is 0 Å². The van der Waals surface area contributed by atoms with Gasteiger partial charge in [0.2, 0.25) is 0 Å². The lowest BCUT2D eigenvalue weighted by atomic mass is 10.3. The van der Waals surface area contributed by atoms with Crippen LogP contribution in [0.4, 0.5) is 10.9 Å². The van der Waals surface area contributed by atoms with E-state index in [4.69, 9.17) is 14.2 Å². The molecule has 1 N–H and O–H groups in total. The number of fused-ring (bicyclic) bond motifs is 1. The van der Waals surface area contributed by atoms with Gasteiger partial charge in [0.25, 0.3) is 5.71 Å². The van der Waals surface area contributed by atoms with Gasteiger partial charge in [0.15, 0.2) is 5.13 Å². The molecule has 1 saturated heterocycles. The zero-order valence-corrected chi connectivity index (χ0v) is 14.4. The average Bonchev–Trinajstić information content (AvgIpc) is 3.21. The van der Waals surface area contributed by atoms with E-state index < -0.39 is 0 Å². The molecule has 3 aromatic rings. The lowest BCUT2D eigenvalue weighted by Crippen LogP contribution is -2.36. The minimum absolute atomic E-state index is 0.509. The van der Waals surface area contributed by atoms with E-state index in [2.05, 4.69) is 30.7 Å². The van der Waals surface area contributed by atoms with Crippen LogP contribution in [0.2, 0.25) is 0 Å². The fourth-order valence-corrected chi connectivity index (χ4v) is 3.56. The third-order valence-electron chi connectivity index (χ3n) is 3.88. The predicted molar refractivity (Wildman–Crippen MR) is 91.5 cm³/mol. The Morgan fingerprint density at radius 1 is 1.21 bits per heavy atom. The lowest BCUT2D eigenvalue weighted by Gasteiger charge is -2.26. The van der Waals surface area contributed by atoms with Gasteiger partial charge in [0, 0.05) is 18.5 Å². The number of anilines is 2. The number of thiazole rings is 1. The molecule has 1 fully saturated rings. The molecule has 8 nitrogen and oxygen atoms in total. The van der Waals surface area contributed by atoms with Crippen LogP contribution in [0.1, 0.15) is 17.2 Å². The molecule has 0 unspecified atom stereocenters. The molecular formula is C15H18N6O2S. The highest BCUT2D eigenvalue weighted by molar-refractivity contribution is 7.13. The minimum Gasteiger partial charge on any atom is -0.378 e. The maximum Gasteiger partial charge on any atom is 0.263 e. The van der Waals surface area contributed by atoms with Crippen LogP contribution in [0.3, 0.4) is 0 Å². The molecule has 0 aromatic carbocycles. The van der Waals surface area contributed by atoms with Crippen molar-refractivity contribution in [2.24, 2.45) is 0 Å². The zero-order chi connectivity index (χ0) is 16.5. The van der Waals surface area contributed by atoms with Crippen molar-refractivity contribution >= 4 is 33.4 Å². The number of hydrogen-bond acceptors (Lipinski definition) is 9. The second-order valence-corrected chi connectivity index (χ2v) is 6.48. The van der Waals surface area contributed by atoms with E-state index in [1.54, 1.807) is 11.3 Å². The Kier molecular flexibility index (Phi) is 4.03. The lowest BCUT2D eigenvalue weighted by molar-refractivity contribution is 0.122. The Labute approximate surface area is 142 Å². The summed E-state index contributed by atoms with van der Waals surface area (Å²) in [6.45, 7) is 7.63. The first-order valence-corrected chi connectivity index (χ1v) is 8.70. The number of ether oxygens (including phenoxy) is 1. The SMILES string of the molecule is Cc1nc(NCc2csc(N3CCOCC3)n2)c2c(C)noc2n1. The summed E-state index contributed by atoms with van der Waals surface area (Å²) in [5.41, 5.74) is 2.27. The van der Waals surface area contributed by atoms with E-state index in [1.165, 1.54) is 0 Å². The van der Waals surface area contributed by atoms with Gasteiger partial charge in [-0.1, -0.05) is 5.16 Å². The molecule has 9 heteroatoms. The molecule has 0 aliphatic carbocycles. The van der Waals surface area contributed by atoms with Crippen molar-refractivity contribution in [2.45, 2.75) is 20.4 Å². The van der Waals surface area contributed by atoms with E-state index >= 15 is 0 Å². The van der Waals surface area contributed by atoms with Crippen molar-refractivity contribution in [3.63, 3.8) is 0 Å². The maximum atomic E-state index is 5.38. The van der Waals surface area contributed by atoms with Gasteiger partial charge < -0.3 is 19.5 Å². The van der Waals surface area contributed by atoms with E-state index in [9.17, 15) is 0 Å². The average molecular weight is 346 g/mol. The van der Waals surface area contributed by atoms with Crippen molar-refractivity contribution in [1.82, 2.24) is 20.1 Å². The molecule has 1 aliphatic rings. The van der Waals surface area contributed by atoms with Crippen molar-refractivity contribution in [3.05, 3.63) is 22.6 Å². The first kappa shape index (κ1) is 15.3. The van der Waals surface area contributed by atoms with Gasteiger partial charge in [-0.05, 0) is 13.8 Å². The van der Waals surface area contributed by atoms with Gasteiger partial charge in [0.1, 0.15) is 17.0 Å². The van der Waals surface area contributed by atoms with E-state index in [-0.39, 0.29) is 0 Å². The molecule has 4 rings (SSSR count). The van der Waals surface area contributed by atoms with Crippen LogP contribution in [0, 0.1) is 13.8 Å². The first-order valence-electron chi connectivity index (χ1n) is 7.82.